The molecule has 2 aromatic rings. The molecule has 0 saturated heterocycles. The minimum Gasteiger partial charge on any atom is -0.387 e. The molecular weight excluding hydrogens is 241 g/mol. The fourth-order valence-corrected chi connectivity index (χ4v) is 2.59. The minimum absolute atomic E-state index is 0.0982. The molecule has 5 heteroatoms. The Bertz CT molecular complexity index is 653. The van der Waals surface area contributed by atoms with Crippen LogP contribution in [0.2, 0.25) is 0 Å². The molecule has 0 saturated carbocycles. The van der Waals surface area contributed by atoms with E-state index in [4.69, 9.17) is 0 Å². The van der Waals surface area contributed by atoms with Crippen molar-refractivity contribution >= 4 is 16.6 Å². The molecule has 0 spiro atoms. The molecule has 1 aromatic carbocycles. The number of nitrogens with one attached hydrogen (secondary N) is 1. The normalized spacial score (nSPS) is 14.0. The summed E-state index contributed by atoms with van der Waals surface area (Å²) in [6.07, 6.45) is 2.51. The van der Waals surface area contributed by atoms with Crippen LogP contribution in [0.25, 0.3) is 10.9 Å². The van der Waals surface area contributed by atoms with Crippen molar-refractivity contribution in [1.29, 1.82) is 0 Å². The topological polar surface area (TPSA) is 24.9 Å². The van der Waals surface area contributed by atoms with Gasteiger partial charge in [0.05, 0.1) is 0 Å². The third-order valence-electron chi connectivity index (χ3n) is 3.39. The molecule has 1 heterocycles. The standard InChI is InChI=1S/C13H11F3N2/c1-17-12-6-3-2-4-9(6)18-13-7(12)5-8(14)10(15)11(13)16/h5H,2-4H2,1H3,(H,17,18). The van der Waals surface area contributed by atoms with Crippen molar-refractivity contribution in [3.8, 4) is 0 Å². The van der Waals surface area contributed by atoms with Crippen molar-refractivity contribution in [2.45, 2.75) is 19.3 Å². The number of nitrogens with zero attached hydrogens (tertiary/aromatic N) is 1. The smallest absolute Gasteiger partial charge is 0.196 e. The SMILES string of the molecule is CNc1c2c(nc3c(F)c(F)c(F)cc13)CCC2. The van der Waals surface area contributed by atoms with Crippen molar-refractivity contribution in [3.63, 3.8) is 0 Å². The lowest BCUT2D eigenvalue weighted by molar-refractivity contribution is 0.452. The number of aryl methyl sites for hydroxylation is 1. The Morgan fingerprint density at radius 3 is 2.67 bits per heavy atom. The van der Waals surface area contributed by atoms with Gasteiger partial charge in [-0.3, -0.25) is 0 Å². The molecule has 1 aliphatic carbocycles. The number of hydrogen-bond donors (Lipinski definition) is 1. The van der Waals surface area contributed by atoms with E-state index in [0.717, 1.165) is 36.6 Å². The fourth-order valence-electron chi connectivity index (χ4n) is 2.59. The van der Waals surface area contributed by atoms with Crippen LogP contribution in [0.15, 0.2) is 6.07 Å². The highest BCUT2D eigenvalue weighted by molar-refractivity contribution is 5.94. The van der Waals surface area contributed by atoms with E-state index in [1.807, 2.05) is 0 Å². The van der Waals surface area contributed by atoms with Gasteiger partial charge >= 0.3 is 0 Å². The van der Waals surface area contributed by atoms with E-state index in [2.05, 4.69) is 10.3 Å². The summed E-state index contributed by atoms with van der Waals surface area (Å²) in [7, 11) is 1.69. The molecule has 0 atom stereocenters. The Morgan fingerprint density at radius 2 is 1.94 bits per heavy atom. The molecule has 1 aliphatic rings. The highest BCUT2D eigenvalue weighted by atomic mass is 19.2. The first-order valence-electron chi connectivity index (χ1n) is 5.80. The van der Waals surface area contributed by atoms with Gasteiger partial charge in [-0.05, 0) is 30.9 Å². The van der Waals surface area contributed by atoms with Crippen molar-refractivity contribution in [3.05, 3.63) is 34.8 Å². The van der Waals surface area contributed by atoms with Crippen LogP contribution in [0.5, 0.6) is 0 Å². The molecule has 0 bridgehead atoms. The minimum atomic E-state index is -1.46. The van der Waals surface area contributed by atoms with E-state index in [0.29, 0.717) is 11.1 Å². The van der Waals surface area contributed by atoms with Gasteiger partial charge in [0, 0.05) is 23.8 Å². The molecule has 94 valence electrons. The van der Waals surface area contributed by atoms with E-state index in [1.165, 1.54) is 0 Å². The molecular formula is C13H11F3N2. The second-order valence-electron chi connectivity index (χ2n) is 4.40. The Kier molecular flexibility index (Phi) is 2.43. The quantitative estimate of drug-likeness (QED) is 0.788. The summed E-state index contributed by atoms with van der Waals surface area (Å²) in [5, 5.41) is 3.25. The zero-order valence-corrected chi connectivity index (χ0v) is 9.78. The van der Waals surface area contributed by atoms with Crippen molar-refractivity contribution in [2.75, 3.05) is 12.4 Å². The first-order valence-corrected chi connectivity index (χ1v) is 5.80. The molecule has 0 unspecified atom stereocenters. The number of anilines is 1. The molecule has 18 heavy (non-hydrogen) atoms. The summed E-state index contributed by atoms with van der Waals surface area (Å²) in [5.41, 5.74) is 2.32. The van der Waals surface area contributed by atoms with Crippen LogP contribution in [-0.4, -0.2) is 12.0 Å². The molecule has 1 N–H and O–H groups in total. The molecule has 0 radical (unpaired) electrons. The average Bonchev–Trinajstić information content (AvgIpc) is 2.82. The molecule has 3 rings (SSSR count). The Balaban J connectivity index is 2.47. The predicted octanol–water partition coefficient (Wildman–Crippen LogP) is 3.18. The first kappa shape index (κ1) is 11.3. The maximum Gasteiger partial charge on any atom is 0.196 e. The first-order chi connectivity index (χ1) is 8.63. The maximum atomic E-state index is 13.7. The Labute approximate surface area is 102 Å². The highest BCUT2D eigenvalue weighted by Crippen LogP contribution is 2.35. The van der Waals surface area contributed by atoms with E-state index in [9.17, 15) is 13.2 Å². The lowest BCUT2D eigenvalue weighted by Crippen LogP contribution is -2.03. The summed E-state index contributed by atoms with van der Waals surface area (Å²) in [5.74, 6) is -3.86. The van der Waals surface area contributed by atoms with Crippen molar-refractivity contribution in [2.24, 2.45) is 0 Å². The molecule has 0 fully saturated rings. The number of fused-ring (bicyclic) bond motifs is 2. The van der Waals surface area contributed by atoms with Gasteiger partial charge in [-0.25, -0.2) is 18.2 Å². The van der Waals surface area contributed by atoms with Crippen LogP contribution >= 0.6 is 0 Å². The summed E-state index contributed by atoms with van der Waals surface area (Å²) >= 11 is 0. The third-order valence-corrected chi connectivity index (χ3v) is 3.39. The number of halogens is 3. The van der Waals surface area contributed by atoms with Gasteiger partial charge in [-0.15, -0.1) is 0 Å². The lowest BCUT2D eigenvalue weighted by Gasteiger charge is -2.12. The van der Waals surface area contributed by atoms with E-state index in [-0.39, 0.29) is 5.52 Å². The number of pyridine rings is 1. The highest BCUT2D eigenvalue weighted by Gasteiger charge is 2.23. The van der Waals surface area contributed by atoms with Gasteiger partial charge in [0.15, 0.2) is 17.5 Å². The van der Waals surface area contributed by atoms with E-state index < -0.39 is 17.5 Å². The number of rotatable bonds is 1. The van der Waals surface area contributed by atoms with Gasteiger partial charge in [0.25, 0.3) is 0 Å². The number of aromatic nitrogens is 1. The number of benzene rings is 1. The van der Waals surface area contributed by atoms with Crippen LogP contribution in [0.1, 0.15) is 17.7 Å². The zero-order valence-electron chi connectivity index (χ0n) is 9.78. The van der Waals surface area contributed by atoms with Crippen LogP contribution < -0.4 is 5.32 Å². The van der Waals surface area contributed by atoms with Gasteiger partial charge in [0.2, 0.25) is 0 Å². The average molecular weight is 252 g/mol. The summed E-state index contributed by atoms with van der Waals surface area (Å²) in [6.45, 7) is 0. The van der Waals surface area contributed by atoms with Gasteiger partial charge in [-0.2, -0.15) is 0 Å². The van der Waals surface area contributed by atoms with Gasteiger partial charge in [0.1, 0.15) is 5.52 Å². The Hall–Kier alpha value is -1.78. The van der Waals surface area contributed by atoms with Crippen LogP contribution in [0.4, 0.5) is 18.9 Å². The van der Waals surface area contributed by atoms with Crippen LogP contribution in [-0.2, 0) is 12.8 Å². The molecule has 0 amide bonds. The zero-order chi connectivity index (χ0) is 12.9. The van der Waals surface area contributed by atoms with Gasteiger partial charge < -0.3 is 5.32 Å². The summed E-state index contributed by atoms with van der Waals surface area (Å²) in [4.78, 5) is 4.14. The van der Waals surface area contributed by atoms with Crippen LogP contribution in [0, 0.1) is 17.5 Å². The van der Waals surface area contributed by atoms with E-state index in [1.54, 1.807) is 7.05 Å². The Morgan fingerprint density at radius 1 is 1.17 bits per heavy atom. The predicted molar refractivity (Wildman–Crippen MR) is 63.2 cm³/mol. The lowest BCUT2D eigenvalue weighted by atomic mass is 10.1. The maximum absolute atomic E-state index is 13.7. The summed E-state index contributed by atoms with van der Waals surface area (Å²) < 4.78 is 40.3. The van der Waals surface area contributed by atoms with Gasteiger partial charge in [-0.1, -0.05) is 0 Å². The summed E-state index contributed by atoms with van der Waals surface area (Å²) in [6, 6.07) is 1.01. The fraction of sp³-hybridized carbons (Fsp3) is 0.308. The van der Waals surface area contributed by atoms with E-state index >= 15 is 0 Å². The largest absolute Gasteiger partial charge is 0.387 e. The van der Waals surface area contributed by atoms with Crippen molar-refractivity contribution < 1.29 is 13.2 Å². The number of hydrogen-bond acceptors (Lipinski definition) is 2. The molecule has 2 nitrogen and oxygen atoms in total. The molecule has 1 aromatic heterocycles. The monoisotopic (exact) mass is 252 g/mol. The third kappa shape index (κ3) is 1.39. The van der Waals surface area contributed by atoms with Crippen molar-refractivity contribution in [1.82, 2.24) is 4.98 Å². The van der Waals surface area contributed by atoms with Crippen LogP contribution in [0.3, 0.4) is 0 Å². The molecule has 0 aliphatic heterocycles. The second-order valence-corrected chi connectivity index (χ2v) is 4.40. The second kappa shape index (κ2) is 3.86.